The lowest BCUT2D eigenvalue weighted by molar-refractivity contribution is -0.129. The molecule has 1 N–H and O–H groups in total. The van der Waals surface area contributed by atoms with Gasteiger partial charge in [-0.2, -0.15) is 0 Å². The minimum Gasteiger partial charge on any atom is -0.495 e. The van der Waals surface area contributed by atoms with Crippen LogP contribution in [0.4, 0.5) is 5.69 Å². The van der Waals surface area contributed by atoms with Gasteiger partial charge in [-0.25, -0.2) is 0 Å². The van der Waals surface area contributed by atoms with Crippen molar-refractivity contribution in [3.63, 3.8) is 0 Å². The Morgan fingerprint density at radius 3 is 2.84 bits per heavy atom. The molecule has 104 valence electrons. The summed E-state index contributed by atoms with van der Waals surface area (Å²) < 4.78 is 6.23. The van der Waals surface area contributed by atoms with Crippen LogP contribution in [0.2, 0.25) is 0 Å². The smallest absolute Gasteiger partial charge is 0.242 e. The van der Waals surface area contributed by atoms with Crippen molar-refractivity contribution in [1.29, 1.82) is 0 Å². The van der Waals surface area contributed by atoms with Crippen LogP contribution < -0.4 is 10.1 Å². The number of hydrogen-bond acceptors (Lipinski definition) is 3. The van der Waals surface area contributed by atoms with E-state index in [4.69, 9.17) is 4.74 Å². The van der Waals surface area contributed by atoms with E-state index in [1.54, 1.807) is 7.11 Å². The number of benzene rings is 1. The van der Waals surface area contributed by atoms with E-state index in [2.05, 4.69) is 21.2 Å². The molecule has 0 heterocycles. The number of rotatable bonds is 6. The van der Waals surface area contributed by atoms with Gasteiger partial charge in [-0.05, 0) is 38.0 Å². The fourth-order valence-corrected chi connectivity index (χ4v) is 2.48. The summed E-state index contributed by atoms with van der Waals surface area (Å²) in [6.07, 6.45) is 2.28. The zero-order chi connectivity index (χ0) is 13.8. The fourth-order valence-electron chi connectivity index (χ4n) is 2.12. The maximum Gasteiger partial charge on any atom is 0.242 e. The average Bonchev–Trinajstić information content (AvgIpc) is 3.22. The predicted octanol–water partition coefficient (Wildman–Crippen LogP) is 2.88. The van der Waals surface area contributed by atoms with Crippen LogP contribution in [0.25, 0.3) is 0 Å². The summed E-state index contributed by atoms with van der Waals surface area (Å²) in [5, 5.41) is 3.16. The lowest BCUT2D eigenvalue weighted by Crippen LogP contribution is -2.37. The Hall–Kier alpha value is -1.23. The summed E-state index contributed by atoms with van der Waals surface area (Å²) in [6, 6.07) is 6.16. The first kappa shape index (κ1) is 14.2. The summed E-state index contributed by atoms with van der Waals surface area (Å²) in [7, 11) is 1.62. The number of carbonyl (C=O) groups is 1. The highest BCUT2D eigenvalue weighted by molar-refractivity contribution is 9.10. The molecule has 1 aromatic carbocycles. The SMILES string of the molecule is CCN(C(=O)CNc1cc(Br)ccc1OC)C1CC1. The van der Waals surface area contributed by atoms with Crippen LogP contribution in [0.15, 0.2) is 22.7 Å². The van der Waals surface area contributed by atoms with Crippen molar-refractivity contribution >= 4 is 27.5 Å². The van der Waals surface area contributed by atoms with Crippen LogP contribution in [0, 0.1) is 0 Å². The van der Waals surface area contributed by atoms with Gasteiger partial charge in [-0.3, -0.25) is 4.79 Å². The van der Waals surface area contributed by atoms with Crippen molar-refractivity contribution in [1.82, 2.24) is 4.90 Å². The van der Waals surface area contributed by atoms with Gasteiger partial charge in [0.25, 0.3) is 0 Å². The highest BCUT2D eigenvalue weighted by atomic mass is 79.9. The first-order chi connectivity index (χ1) is 9.15. The standard InChI is InChI=1S/C14H19BrN2O2/c1-3-17(11-5-6-11)14(18)9-16-12-8-10(15)4-7-13(12)19-2/h4,7-8,11,16H,3,5-6,9H2,1-2H3. The van der Waals surface area contributed by atoms with Gasteiger partial charge in [0.15, 0.2) is 0 Å². The summed E-state index contributed by atoms with van der Waals surface area (Å²) in [5.74, 6) is 0.887. The van der Waals surface area contributed by atoms with Crippen molar-refractivity contribution < 1.29 is 9.53 Å². The van der Waals surface area contributed by atoms with E-state index in [0.29, 0.717) is 12.6 Å². The van der Waals surface area contributed by atoms with Crippen LogP contribution in [-0.4, -0.2) is 37.0 Å². The molecule has 5 heteroatoms. The number of hydrogen-bond donors (Lipinski definition) is 1. The quantitative estimate of drug-likeness (QED) is 0.874. The van der Waals surface area contributed by atoms with Crippen LogP contribution >= 0.6 is 15.9 Å². The number of amides is 1. The van der Waals surface area contributed by atoms with Crippen LogP contribution in [0.1, 0.15) is 19.8 Å². The van der Waals surface area contributed by atoms with Gasteiger partial charge >= 0.3 is 0 Å². The summed E-state index contributed by atoms with van der Waals surface area (Å²) in [6.45, 7) is 3.11. The van der Waals surface area contributed by atoms with Crippen LogP contribution in [0.5, 0.6) is 5.75 Å². The summed E-state index contributed by atoms with van der Waals surface area (Å²) >= 11 is 3.42. The van der Waals surface area contributed by atoms with Crippen molar-refractivity contribution in [3.8, 4) is 5.75 Å². The normalized spacial score (nSPS) is 14.1. The third-order valence-electron chi connectivity index (χ3n) is 3.24. The zero-order valence-electron chi connectivity index (χ0n) is 11.3. The highest BCUT2D eigenvalue weighted by Gasteiger charge is 2.30. The second-order valence-corrected chi connectivity index (χ2v) is 5.52. The first-order valence-electron chi connectivity index (χ1n) is 6.52. The molecule has 0 spiro atoms. The molecule has 2 rings (SSSR count). The minimum absolute atomic E-state index is 0.145. The van der Waals surface area contributed by atoms with Gasteiger partial charge in [0.1, 0.15) is 5.75 Å². The number of nitrogens with zero attached hydrogens (tertiary/aromatic N) is 1. The van der Waals surface area contributed by atoms with E-state index in [1.807, 2.05) is 30.0 Å². The second-order valence-electron chi connectivity index (χ2n) is 4.61. The number of anilines is 1. The van der Waals surface area contributed by atoms with E-state index < -0.39 is 0 Å². The largest absolute Gasteiger partial charge is 0.495 e. The Morgan fingerprint density at radius 1 is 1.53 bits per heavy atom. The molecule has 1 aliphatic rings. The van der Waals surface area contributed by atoms with Crippen molar-refractivity contribution in [2.45, 2.75) is 25.8 Å². The molecule has 0 bridgehead atoms. The van der Waals surface area contributed by atoms with E-state index in [0.717, 1.165) is 35.3 Å². The van der Waals surface area contributed by atoms with Gasteiger partial charge in [-0.1, -0.05) is 15.9 Å². The molecule has 1 amide bonds. The number of halogens is 1. The number of nitrogens with one attached hydrogen (secondary N) is 1. The molecule has 4 nitrogen and oxygen atoms in total. The van der Waals surface area contributed by atoms with Gasteiger partial charge in [0.05, 0.1) is 19.3 Å². The third kappa shape index (κ3) is 3.62. The molecule has 0 radical (unpaired) electrons. The second kappa shape index (κ2) is 6.28. The van der Waals surface area contributed by atoms with Crippen molar-refractivity contribution in [2.24, 2.45) is 0 Å². The summed E-state index contributed by atoms with van der Waals surface area (Å²) in [5.41, 5.74) is 0.831. The minimum atomic E-state index is 0.145. The maximum absolute atomic E-state index is 12.1. The van der Waals surface area contributed by atoms with E-state index in [9.17, 15) is 4.79 Å². The average molecular weight is 327 g/mol. The topological polar surface area (TPSA) is 41.6 Å². The Kier molecular flexibility index (Phi) is 4.69. The van der Waals surface area contributed by atoms with Crippen molar-refractivity contribution in [2.75, 3.05) is 25.5 Å². The Balaban J connectivity index is 1.97. The molecule has 1 saturated carbocycles. The molecule has 0 aliphatic heterocycles. The lowest BCUT2D eigenvalue weighted by Gasteiger charge is -2.21. The van der Waals surface area contributed by atoms with Gasteiger partial charge in [0.2, 0.25) is 5.91 Å². The molecule has 0 aromatic heterocycles. The molecule has 0 unspecified atom stereocenters. The molecule has 0 saturated heterocycles. The van der Waals surface area contributed by atoms with Crippen LogP contribution in [-0.2, 0) is 4.79 Å². The van der Waals surface area contributed by atoms with Gasteiger partial charge < -0.3 is 15.0 Å². The van der Waals surface area contributed by atoms with Gasteiger partial charge in [0, 0.05) is 17.1 Å². The zero-order valence-corrected chi connectivity index (χ0v) is 12.9. The predicted molar refractivity (Wildman–Crippen MR) is 79.6 cm³/mol. The Labute approximate surface area is 122 Å². The lowest BCUT2D eigenvalue weighted by atomic mass is 10.3. The monoisotopic (exact) mass is 326 g/mol. The summed E-state index contributed by atoms with van der Waals surface area (Å²) in [4.78, 5) is 14.1. The molecular formula is C14H19BrN2O2. The first-order valence-corrected chi connectivity index (χ1v) is 7.32. The fraction of sp³-hybridized carbons (Fsp3) is 0.500. The van der Waals surface area contributed by atoms with E-state index >= 15 is 0 Å². The van der Waals surface area contributed by atoms with E-state index in [1.165, 1.54) is 0 Å². The number of likely N-dealkylation sites (N-methyl/N-ethyl adjacent to an activating group) is 1. The maximum atomic E-state index is 12.1. The molecule has 1 aliphatic carbocycles. The molecule has 1 fully saturated rings. The number of methoxy groups -OCH3 is 1. The van der Waals surface area contributed by atoms with Gasteiger partial charge in [-0.15, -0.1) is 0 Å². The Bertz CT molecular complexity index is 461. The third-order valence-corrected chi connectivity index (χ3v) is 3.73. The molecule has 0 atom stereocenters. The number of carbonyl (C=O) groups excluding carboxylic acids is 1. The molecule has 1 aromatic rings. The molecular weight excluding hydrogens is 308 g/mol. The van der Waals surface area contributed by atoms with E-state index in [-0.39, 0.29) is 5.91 Å². The van der Waals surface area contributed by atoms with Crippen LogP contribution in [0.3, 0.4) is 0 Å². The number of ether oxygens (including phenoxy) is 1. The Morgan fingerprint density at radius 2 is 2.26 bits per heavy atom. The highest BCUT2D eigenvalue weighted by Crippen LogP contribution is 2.29. The van der Waals surface area contributed by atoms with Crippen molar-refractivity contribution in [3.05, 3.63) is 22.7 Å². The molecule has 19 heavy (non-hydrogen) atoms.